The fraction of sp³-hybridized carbons (Fsp3) is 0.429. The fourth-order valence-corrected chi connectivity index (χ4v) is 2.60. The maximum absolute atomic E-state index is 13.2. The van der Waals surface area contributed by atoms with E-state index in [0.29, 0.717) is 0 Å². The Morgan fingerprint density at radius 1 is 1.28 bits per heavy atom. The van der Waals surface area contributed by atoms with E-state index in [4.69, 9.17) is 17.4 Å². The van der Waals surface area contributed by atoms with Crippen LogP contribution in [0, 0.1) is 5.82 Å². The van der Waals surface area contributed by atoms with Crippen molar-refractivity contribution in [2.24, 2.45) is 5.84 Å². The highest BCUT2D eigenvalue weighted by Crippen LogP contribution is 2.30. The summed E-state index contributed by atoms with van der Waals surface area (Å²) in [7, 11) is 0. The molecule has 1 aliphatic rings. The van der Waals surface area contributed by atoms with Crippen molar-refractivity contribution in [2.75, 3.05) is 0 Å². The van der Waals surface area contributed by atoms with Crippen LogP contribution in [0.2, 0.25) is 5.02 Å². The van der Waals surface area contributed by atoms with Crippen LogP contribution in [-0.2, 0) is 0 Å². The molecule has 1 aromatic carbocycles. The van der Waals surface area contributed by atoms with Gasteiger partial charge in [-0.1, -0.05) is 35.7 Å². The third-order valence-electron chi connectivity index (χ3n) is 3.39. The molecule has 2 nitrogen and oxygen atoms in total. The molecule has 0 aliphatic heterocycles. The van der Waals surface area contributed by atoms with Gasteiger partial charge in [0.2, 0.25) is 0 Å². The largest absolute Gasteiger partial charge is 0.271 e. The minimum absolute atomic E-state index is 0.0683. The first kappa shape index (κ1) is 13.5. The Kier molecular flexibility index (Phi) is 4.75. The summed E-state index contributed by atoms with van der Waals surface area (Å²) in [6, 6.07) is 4.70. The van der Waals surface area contributed by atoms with Gasteiger partial charge in [-0.2, -0.15) is 0 Å². The van der Waals surface area contributed by atoms with E-state index in [1.165, 1.54) is 30.9 Å². The molecule has 2 rings (SSSR count). The predicted molar refractivity (Wildman–Crippen MR) is 72.6 cm³/mol. The maximum Gasteiger partial charge on any atom is 0.141 e. The lowest BCUT2D eigenvalue weighted by Crippen LogP contribution is -2.29. The second kappa shape index (κ2) is 6.32. The molecule has 3 N–H and O–H groups in total. The number of halogens is 2. The summed E-state index contributed by atoms with van der Waals surface area (Å²) in [4.78, 5) is 0. The summed E-state index contributed by atoms with van der Waals surface area (Å²) in [6.45, 7) is 0. The monoisotopic (exact) mass is 268 g/mol. The number of nitrogens with two attached hydrogens (primary N) is 1. The fourth-order valence-electron chi connectivity index (χ4n) is 2.41. The van der Waals surface area contributed by atoms with Crippen LogP contribution in [0.25, 0.3) is 0 Å². The summed E-state index contributed by atoms with van der Waals surface area (Å²) < 4.78 is 13.2. The first-order valence-corrected chi connectivity index (χ1v) is 6.70. The average molecular weight is 269 g/mol. The van der Waals surface area contributed by atoms with Crippen LogP contribution in [-0.4, -0.2) is 0 Å². The molecule has 0 bridgehead atoms. The quantitative estimate of drug-likeness (QED) is 0.496. The van der Waals surface area contributed by atoms with Crippen LogP contribution in [0.1, 0.15) is 43.7 Å². The molecule has 0 fully saturated rings. The van der Waals surface area contributed by atoms with E-state index in [2.05, 4.69) is 11.5 Å². The molecule has 0 saturated carbocycles. The highest BCUT2D eigenvalue weighted by atomic mass is 35.5. The molecule has 1 atom stereocenters. The summed E-state index contributed by atoms with van der Waals surface area (Å²) >= 11 is 5.82. The van der Waals surface area contributed by atoms with Gasteiger partial charge in [0.15, 0.2) is 0 Å². The molecule has 0 heterocycles. The number of nitrogens with one attached hydrogen (secondary N) is 1. The normalized spacial score (nSPS) is 18.1. The van der Waals surface area contributed by atoms with Crippen molar-refractivity contribution in [3.63, 3.8) is 0 Å². The zero-order valence-electron chi connectivity index (χ0n) is 10.3. The number of allylic oxidation sites excluding steroid dienone is 1. The standard InChI is InChI=1S/C14H18ClFN2/c15-12-9-11(7-8-13(12)16)14(18-17)10-5-3-1-2-4-6-10/h5,7-9,14,18H,1-4,6,17H2. The molecule has 0 aromatic heterocycles. The Balaban J connectivity index is 2.26. The van der Waals surface area contributed by atoms with Gasteiger partial charge in [-0.3, -0.25) is 5.84 Å². The molecular weight excluding hydrogens is 251 g/mol. The molecule has 1 aromatic rings. The van der Waals surface area contributed by atoms with Gasteiger partial charge in [0, 0.05) is 0 Å². The van der Waals surface area contributed by atoms with Gasteiger partial charge >= 0.3 is 0 Å². The maximum atomic E-state index is 13.2. The van der Waals surface area contributed by atoms with Crippen LogP contribution >= 0.6 is 11.6 Å². The van der Waals surface area contributed by atoms with Gasteiger partial charge in [0.1, 0.15) is 5.82 Å². The molecule has 4 heteroatoms. The lowest BCUT2D eigenvalue weighted by molar-refractivity contribution is 0.588. The minimum atomic E-state index is -0.397. The number of hydrazine groups is 1. The Morgan fingerprint density at radius 2 is 2.11 bits per heavy atom. The van der Waals surface area contributed by atoms with Crippen molar-refractivity contribution in [3.8, 4) is 0 Å². The van der Waals surface area contributed by atoms with E-state index in [9.17, 15) is 4.39 Å². The molecule has 0 radical (unpaired) electrons. The van der Waals surface area contributed by atoms with Crippen LogP contribution in [0.3, 0.4) is 0 Å². The van der Waals surface area contributed by atoms with E-state index in [-0.39, 0.29) is 11.1 Å². The van der Waals surface area contributed by atoms with Crippen LogP contribution in [0.4, 0.5) is 4.39 Å². The van der Waals surface area contributed by atoms with Crippen molar-refractivity contribution in [1.29, 1.82) is 0 Å². The van der Waals surface area contributed by atoms with Gasteiger partial charge in [0.05, 0.1) is 11.1 Å². The molecule has 18 heavy (non-hydrogen) atoms. The molecule has 0 saturated heterocycles. The van der Waals surface area contributed by atoms with Gasteiger partial charge in [-0.15, -0.1) is 0 Å². The van der Waals surface area contributed by atoms with E-state index in [1.807, 2.05) is 0 Å². The molecule has 1 unspecified atom stereocenters. The molecule has 0 spiro atoms. The van der Waals surface area contributed by atoms with Gasteiger partial charge in [-0.05, 0) is 43.4 Å². The van der Waals surface area contributed by atoms with Crippen molar-refractivity contribution in [3.05, 3.63) is 46.3 Å². The lowest BCUT2D eigenvalue weighted by Gasteiger charge is -2.20. The molecular formula is C14H18ClFN2. The molecule has 1 aliphatic carbocycles. The van der Waals surface area contributed by atoms with Crippen molar-refractivity contribution >= 4 is 11.6 Å². The zero-order chi connectivity index (χ0) is 13.0. The topological polar surface area (TPSA) is 38.0 Å². The lowest BCUT2D eigenvalue weighted by atomic mass is 9.95. The summed E-state index contributed by atoms with van der Waals surface area (Å²) in [6.07, 6.45) is 8.02. The van der Waals surface area contributed by atoms with Crippen molar-refractivity contribution < 1.29 is 4.39 Å². The van der Waals surface area contributed by atoms with Gasteiger partial charge < -0.3 is 0 Å². The Labute approximate surface area is 112 Å². The van der Waals surface area contributed by atoms with Gasteiger partial charge in [0.25, 0.3) is 0 Å². The smallest absolute Gasteiger partial charge is 0.141 e. The second-order valence-electron chi connectivity index (χ2n) is 4.65. The van der Waals surface area contributed by atoms with E-state index in [1.54, 1.807) is 12.1 Å². The van der Waals surface area contributed by atoms with Crippen LogP contribution in [0.15, 0.2) is 29.8 Å². The first-order valence-electron chi connectivity index (χ1n) is 6.32. The third-order valence-corrected chi connectivity index (χ3v) is 3.68. The van der Waals surface area contributed by atoms with Crippen LogP contribution < -0.4 is 11.3 Å². The van der Waals surface area contributed by atoms with Crippen molar-refractivity contribution in [1.82, 2.24) is 5.43 Å². The van der Waals surface area contributed by atoms with Crippen molar-refractivity contribution in [2.45, 2.75) is 38.1 Å². The summed E-state index contributed by atoms with van der Waals surface area (Å²) in [5.41, 5.74) is 5.00. The predicted octanol–water partition coefficient (Wildman–Crippen LogP) is 3.87. The Morgan fingerprint density at radius 3 is 2.83 bits per heavy atom. The minimum Gasteiger partial charge on any atom is -0.271 e. The number of hydrogen-bond donors (Lipinski definition) is 2. The van der Waals surface area contributed by atoms with E-state index in [0.717, 1.165) is 18.4 Å². The zero-order valence-corrected chi connectivity index (χ0v) is 11.0. The third kappa shape index (κ3) is 3.10. The Hall–Kier alpha value is -0.900. The second-order valence-corrected chi connectivity index (χ2v) is 5.06. The Bertz CT molecular complexity index is 445. The number of rotatable bonds is 3. The summed E-state index contributed by atoms with van der Waals surface area (Å²) in [5.74, 6) is 5.25. The van der Waals surface area contributed by atoms with Gasteiger partial charge in [-0.25, -0.2) is 9.82 Å². The van der Waals surface area contributed by atoms with E-state index >= 15 is 0 Å². The molecule has 98 valence electrons. The average Bonchev–Trinajstić information content (AvgIpc) is 2.64. The summed E-state index contributed by atoms with van der Waals surface area (Å²) in [5, 5.41) is 0.141. The number of benzene rings is 1. The van der Waals surface area contributed by atoms with Crippen LogP contribution in [0.5, 0.6) is 0 Å². The highest BCUT2D eigenvalue weighted by molar-refractivity contribution is 6.30. The number of hydrogen-bond acceptors (Lipinski definition) is 2. The molecule has 0 amide bonds. The highest BCUT2D eigenvalue weighted by Gasteiger charge is 2.17. The SMILES string of the molecule is NNC(C1=CCCCCC1)c1ccc(F)c(Cl)c1. The first-order chi connectivity index (χ1) is 8.72. The van der Waals surface area contributed by atoms with E-state index < -0.39 is 5.82 Å².